The molecule has 0 radical (unpaired) electrons. The van der Waals surface area contributed by atoms with Crippen LogP contribution in [0.25, 0.3) is 11.1 Å². The zero-order valence-corrected chi connectivity index (χ0v) is 15.8. The van der Waals surface area contributed by atoms with Crippen molar-refractivity contribution in [2.24, 2.45) is 7.05 Å². The lowest BCUT2D eigenvalue weighted by atomic mass is 10.1. The Balaban J connectivity index is 1.79. The van der Waals surface area contributed by atoms with Gasteiger partial charge in [-0.2, -0.15) is 5.10 Å². The van der Waals surface area contributed by atoms with Crippen LogP contribution in [0.2, 0.25) is 0 Å². The topological polar surface area (TPSA) is 78.3 Å². The van der Waals surface area contributed by atoms with Crippen LogP contribution in [0.3, 0.4) is 0 Å². The molecule has 0 saturated carbocycles. The van der Waals surface area contributed by atoms with Crippen LogP contribution in [-0.2, 0) is 7.05 Å². The molecule has 0 aliphatic carbocycles. The average molecular weight is 366 g/mol. The zero-order valence-electron chi connectivity index (χ0n) is 15.8. The summed E-state index contributed by atoms with van der Waals surface area (Å²) in [5.41, 5.74) is 3.09. The summed E-state index contributed by atoms with van der Waals surface area (Å²) in [4.78, 5) is 16.9. The van der Waals surface area contributed by atoms with Crippen LogP contribution >= 0.6 is 0 Å². The van der Waals surface area contributed by atoms with Crippen molar-refractivity contribution in [3.63, 3.8) is 0 Å². The fraction of sp³-hybridized carbons (Fsp3) is 0.250. The van der Waals surface area contributed by atoms with Gasteiger partial charge in [0.25, 0.3) is 5.91 Å². The molecule has 0 spiro atoms. The smallest absolute Gasteiger partial charge is 0.253 e. The van der Waals surface area contributed by atoms with Crippen molar-refractivity contribution in [1.29, 1.82) is 0 Å². The third-order valence-electron chi connectivity index (χ3n) is 4.29. The first-order chi connectivity index (χ1) is 13.0. The molecule has 0 bridgehead atoms. The molecule has 0 aliphatic heterocycles. The molecule has 0 unspecified atom stereocenters. The third-order valence-corrected chi connectivity index (χ3v) is 4.29. The van der Waals surface area contributed by atoms with E-state index in [1.165, 1.54) is 0 Å². The summed E-state index contributed by atoms with van der Waals surface area (Å²) in [5, 5.41) is 7.14. The van der Waals surface area contributed by atoms with Crippen molar-refractivity contribution >= 4 is 5.91 Å². The lowest BCUT2D eigenvalue weighted by Crippen LogP contribution is -2.27. The van der Waals surface area contributed by atoms with Gasteiger partial charge in [-0.15, -0.1) is 0 Å². The Morgan fingerprint density at radius 2 is 1.93 bits per heavy atom. The van der Waals surface area contributed by atoms with Gasteiger partial charge in [0.15, 0.2) is 0 Å². The standard InChI is InChI=1S/C20H22N4O3/c1-13(18-6-5-17(26-3)8-19(18)27-4)23-20(25)15-7-14(9-21-10-15)16-11-22-24(2)12-16/h5-13H,1-4H3,(H,23,25)/t13-/m0/s1. The highest BCUT2D eigenvalue weighted by atomic mass is 16.5. The Morgan fingerprint density at radius 3 is 2.59 bits per heavy atom. The predicted molar refractivity (Wildman–Crippen MR) is 102 cm³/mol. The lowest BCUT2D eigenvalue weighted by molar-refractivity contribution is 0.0939. The Morgan fingerprint density at radius 1 is 1.11 bits per heavy atom. The number of benzene rings is 1. The van der Waals surface area contributed by atoms with E-state index in [2.05, 4.69) is 15.4 Å². The number of rotatable bonds is 6. The van der Waals surface area contributed by atoms with E-state index in [-0.39, 0.29) is 11.9 Å². The van der Waals surface area contributed by atoms with Gasteiger partial charge in [0.1, 0.15) is 11.5 Å². The number of nitrogens with one attached hydrogen (secondary N) is 1. The minimum Gasteiger partial charge on any atom is -0.497 e. The van der Waals surface area contributed by atoms with E-state index in [0.717, 1.165) is 16.7 Å². The van der Waals surface area contributed by atoms with E-state index in [9.17, 15) is 4.79 Å². The zero-order chi connectivity index (χ0) is 19.4. The van der Waals surface area contributed by atoms with Gasteiger partial charge in [-0.1, -0.05) is 0 Å². The Kier molecular flexibility index (Phi) is 5.40. The van der Waals surface area contributed by atoms with Gasteiger partial charge in [-0.3, -0.25) is 14.5 Å². The Hall–Kier alpha value is -3.35. The maximum atomic E-state index is 12.7. The number of pyridine rings is 1. The number of ether oxygens (including phenoxy) is 2. The first-order valence-electron chi connectivity index (χ1n) is 8.48. The number of carbonyl (C=O) groups is 1. The number of hydrogen-bond acceptors (Lipinski definition) is 5. The minimum atomic E-state index is -0.250. The molecule has 3 aromatic rings. The minimum absolute atomic E-state index is 0.210. The normalized spacial score (nSPS) is 11.7. The van der Waals surface area contributed by atoms with Gasteiger partial charge >= 0.3 is 0 Å². The van der Waals surface area contributed by atoms with Crippen molar-refractivity contribution in [3.8, 4) is 22.6 Å². The van der Waals surface area contributed by atoms with Crippen LogP contribution in [0.15, 0.2) is 49.1 Å². The quantitative estimate of drug-likeness (QED) is 0.726. The molecule has 2 heterocycles. The molecule has 3 rings (SSSR count). The predicted octanol–water partition coefficient (Wildman–Crippen LogP) is 2.99. The summed E-state index contributed by atoms with van der Waals surface area (Å²) in [6, 6.07) is 7.07. The number of amides is 1. The molecule has 1 amide bonds. The second-order valence-electron chi connectivity index (χ2n) is 6.17. The summed E-state index contributed by atoms with van der Waals surface area (Å²) in [6.45, 7) is 1.90. The van der Waals surface area contributed by atoms with E-state index in [1.54, 1.807) is 49.6 Å². The summed E-state index contributed by atoms with van der Waals surface area (Å²) < 4.78 is 12.3. The molecule has 140 valence electrons. The molecule has 7 heteroatoms. The number of methoxy groups -OCH3 is 2. The number of nitrogens with zero attached hydrogens (tertiary/aromatic N) is 3. The Labute approximate surface area is 158 Å². The van der Waals surface area contributed by atoms with Crippen LogP contribution < -0.4 is 14.8 Å². The van der Waals surface area contributed by atoms with Gasteiger partial charge in [0.2, 0.25) is 0 Å². The van der Waals surface area contributed by atoms with Crippen molar-refractivity contribution in [2.75, 3.05) is 14.2 Å². The largest absolute Gasteiger partial charge is 0.497 e. The molecular formula is C20H22N4O3. The highest BCUT2D eigenvalue weighted by Gasteiger charge is 2.17. The number of aryl methyl sites for hydroxylation is 1. The molecule has 0 fully saturated rings. The molecule has 0 saturated heterocycles. The fourth-order valence-corrected chi connectivity index (χ4v) is 2.83. The number of aromatic nitrogens is 3. The SMILES string of the molecule is COc1ccc([C@H](C)NC(=O)c2cncc(-c3cnn(C)c3)c2)c(OC)c1. The van der Waals surface area contributed by atoms with Gasteiger partial charge in [-0.25, -0.2) is 0 Å². The lowest BCUT2D eigenvalue weighted by Gasteiger charge is -2.18. The summed E-state index contributed by atoms with van der Waals surface area (Å²) in [5.74, 6) is 1.14. The van der Waals surface area contributed by atoms with E-state index in [4.69, 9.17) is 9.47 Å². The van der Waals surface area contributed by atoms with Crippen LogP contribution in [-0.4, -0.2) is 34.9 Å². The summed E-state index contributed by atoms with van der Waals surface area (Å²) >= 11 is 0. The van der Waals surface area contributed by atoms with E-state index in [0.29, 0.717) is 17.1 Å². The van der Waals surface area contributed by atoms with Crippen LogP contribution in [0.1, 0.15) is 28.9 Å². The van der Waals surface area contributed by atoms with Gasteiger partial charge < -0.3 is 14.8 Å². The van der Waals surface area contributed by atoms with E-state index < -0.39 is 0 Å². The van der Waals surface area contributed by atoms with Crippen LogP contribution in [0.5, 0.6) is 11.5 Å². The van der Waals surface area contributed by atoms with Gasteiger partial charge in [-0.05, 0) is 25.1 Å². The first-order valence-corrected chi connectivity index (χ1v) is 8.48. The van der Waals surface area contributed by atoms with E-state index in [1.807, 2.05) is 32.3 Å². The monoisotopic (exact) mass is 366 g/mol. The van der Waals surface area contributed by atoms with Crippen molar-refractivity contribution < 1.29 is 14.3 Å². The maximum absolute atomic E-state index is 12.7. The second-order valence-corrected chi connectivity index (χ2v) is 6.17. The molecule has 27 heavy (non-hydrogen) atoms. The Bertz CT molecular complexity index is 952. The number of hydrogen-bond donors (Lipinski definition) is 1. The van der Waals surface area contributed by atoms with E-state index >= 15 is 0 Å². The highest BCUT2D eigenvalue weighted by molar-refractivity contribution is 5.95. The molecular weight excluding hydrogens is 344 g/mol. The molecule has 2 aromatic heterocycles. The molecule has 1 atom stereocenters. The fourth-order valence-electron chi connectivity index (χ4n) is 2.83. The van der Waals surface area contributed by atoms with Crippen molar-refractivity contribution in [2.45, 2.75) is 13.0 Å². The van der Waals surface area contributed by atoms with Crippen molar-refractivity contribution in [3.05, 3.63) is 60.2 Å². The average Bonchev–Trinajstić information content (AvgIpc) is 3.13. The summed E-state index contributed by atoms with van der Waals surface area (Å²) in [6.07, 6.45) is 6.88. The summed E-state index contributed by atoms with van der Waals surface area (Å²) in [7, 11) is 5.04. The van der Waals surface area contributed by atoms with Crippen LogP contribution in [0, 0.1) is 0 Å². The molecule has 1 N–H and O–H groups in total. The van der Waals surface area contributed by atoms with Crippen molar-refractivity contribution in [1.82, 2.24) is 20.1 Å². The second kappa shape index (κ2) is 7.90. The molecule has 1 aromatic carbocycles. The van der Waals surface area contributed by atoms with Crippen LogP contribution in [0.4, 0.5) is 0 Å². The maximum Gasteiger partial charge on any atom is 0.253 e. The third kappa shape index (κ3) is 4.08. The first kappa shape index (κ1) is 18.4. The van der Waals surface area contributed by atoms with Gasteiger partial charge in [0, 0.05) is 48.4 Å². The highest BCUT2D eigenvalue weighted by Crippen LogP contribution is 2.29. The number of carbonyl (C=O) groups excluding carboxylic acids is 1. The molecule has 0 aliphatic rings. The van der Waals surface area contributed by atoms with Gasteiger partial charge in [0.05, 0.1) is 32.0 Å². The molecule has 7 nitrogen and oxygen atoms in total.